The molecule has 0 aliphatic carbocycles. The van der Waals surface area contributed by atoms with Gasteiger partial charge in [0.2, 0.25) is 0 Å². The summed E-state index contributed by atoms with van der Waals surface area (Å²) in [6.07, 6.45) is 0. The van der Waals surface area contributed by atoms with Crippen molar-refractivity contribution in [2.24, 2.45) is 0 Å². The molecule has 0 amide bonds. The van der Waals surface area contributed by atoms with Gasteiger partial charge in [0.15, 0.2) is 12.6 Å². The molecule has 0 unspecified atom stereocenters. The SMILES string of the molecule is O=c1c2ccccc2nc(-c2ccccc2)n1OCc1cc(Cl)cc2c1OCOC2. The second-order valence-electron chi connectivity index (χ2n) is 6.86. The van der Waals surface area contributed by atoms with Crippen molar-refractivity contribution >= 4 is 22.5 Å². The quantitative estimate of drug-likeness (QED) is 0.495. The lowest BCUT2D eigenvalue weighted by Gasteiger charge is -2.21. The van der Waals surface area contributed by atoms with Crippen molar-refractivity contribution in [3.8, 4) is 17.1 Å². The number of benzene rings is 3. The first-order valence-corrected chi connectivity index (χ1v) is 9.81. The van der Waals surface area contributed by atoms with Crippen LogP contribution in [0.1, 0.15) is 11.1 Å². The number of hydrogen-bond acceptors (Lipinski definition) is 5. The number of halogens is 1. The number of ether oxygens (including phenoxy) is 2. The molecule has 5 rings (SSSR count). The molecule has 150 valence electrons. The van der Waals surface area contributed by atoms with Gasteiger partial charge in [-0.05, 0) is 24.3 Å². The summed E-state index contributed by atoms with van der Waals surface area (Å²) in [5, 5.41) is 1.03. The fourth-order valence-corrected chi connectivity index (χ4v) is 3.77. The van der Waals surface area contributed by atoms with Gasteiger partial charge in [-0.15, -0.1) is 4.73 Å². The van der Waals surface area contributed by atoms with Crippen LogP contribution in [-0.4, -0.2) is 16.5 Å². The first kappa shape index (κ1) is 18.7. The standard InChI is InChI=1S/C23H17ClN2O4/c24-18-10-16-12-28-14-29-21(16)17(11-18)13-30-26-22(15-6-2-1-3-7-15)25-20-9-5-4-8-19(20)23(26)27/h1-11H,12-14H2. The Balaban J connectivity index is 1.60. The Kier molecular flexibility index (Phi) is 4.86. The van der Waals surface area contributed by atoms with E-state index < -0.39 is 0 Å². The van der Waals surface area contributed by atoms with Crippen LogP contribution in [0.15, 0.2) is 71.5 Å². The van der Waals surface area contributed by atoms with Gasteiger partial charge in [0.25, 0.3) is 5.56 Å². The fourth-order valence-electron chi connectivity index (χ4n) is 3.50. The number of para-hydroxylation sites is 1. The van der Waals surface area contributed by atoms with Gasteiger partial charge in [0.1, 0.15) is 12.4 Å². The van der Waals surface area contributed by atoms with Crippen LogP contribution in [0, 0.1) is 0 Å². The maximum atomic E-state index is 13.2. The maximum absolute atomic E-state index is 13.2. The first-order chi connectivity index (χ1) is 14.7. The van der Waals surface area contributed by atoms with Crippen LogP contribution in [-0.2, 0) is 18.0 Å². The monoisotopic (exact) mass is 420 g/mol. The topological polar surface area (TPSA) is 62.6 Å². The smallest absolute Gasteiger partial charge is 0.294 e. The third kappa shape index (κ3) is 3.40. The van der Waals surface area contributed by atoms with Gasteiger partial charge in [-0.2, -0.15) is 0 Å². The Labute approximate surface area is 177 Å². The molecule has 0 N–H and O–H groups in total. The Morgan fingerprint density at radius 3 is 2.73 bits per heavy atom. The highest BCUT2D eigenvalue weighted by atomic mass is 35.5. The first-order valence-electron chi connectivity index (χ1n) is 9.43. The van der Waals surface area contributed by atoms with E-state index in [2.05, 4.69) is 4.98 Å². The number of fused-ring (bicyclic) bond motifs is 2. The summed E-state index contributed by atoms with van der Waals surface area (Å²) in [4.78, 5) is 23.9. The molecule has 0 saturated carbocycles. The highest BCUT2D eigenvalue weighted by molar-refractivity contribution is 6.30. The van der Waals surface area contributed by atoms with Crippen LogP contribution in [0.3, 0.4) is 0 Å². The van der Waals surface area contributed by atoms with E-state index in [-0.39, 0.29) is 19.0 Å². The maximum Gasteiger partial charge on any atom is 0.294 e. The van der Waals surface area contributed by atoms with E-state index in [4.69, 9.17) is 25.9 Å². The lowest BCUT2D eigenvalue weighted by molar-refractivity contribution is -0.0186. The van der Waals surface area contributed by atoms with E-state index in [9.17, 15) is 4.79 Å². The van der Waals surface area contributed by atoms with E-state index in [0.29, 0.717) is 34.1 Å². The number of rotatable bonds is 4. The van der Waals surface area contributed by atoms with Crippen molar-refractivity contribution in [2.75, 3.05) is 6.79 Å². The van der Waals surface area contributed by atoms with Gasteiger partial charge < -0.3 is 14.3 Å². The van der Waals surface area contributed by atoms with E-state index in [1.54, 1.807) is 24.3 Å². The molecular formula is C23H17ClN2O4. The summed E-state index contributed by atoms with van der Waals surface area (Å²) in [5.74, 6) is 1.10. The molecule has 0 spiro atoms. The van der Waals surface area contributed by atoms with E-state index in [1.807, 2.05) is 42.5 Å². The van der Waals surface area contributed by atoms with Crippen LogP contribution in [0.5, 0.6) is 5.75 Å². The molecule has 30 heavy (non-hydrogen) atoms. The van der Waals surface area contributed by atoms with Crippen molar-refractivity contribution < 1.29 is 14.3 Å². The summed E-state index contributed by atoms with van der Waals surface area (Å²) < 4.78 is 12.2. The molecule has 1 aliphatic rings. The zero-order valence-electron chi connectivity index (χ0n) is 15.9. The average molecular weight is 421 g/mol. The van der Waals surface area contributed by atoms with Crippen molar-refractivity contribution in [3.05, 3.63) is 93.2 Å². The van der Waals surface area contributed by atoms with E-state index in [0.717, 1.165) is 16.7 Å². The van der Waals surface area contributed by atoms with Crippen molar-refractivity contribution in [1.29, 1.82) is 0 Å². The van der Waals surface area contributed by atoms with Crippen LogP contribution in [0.2, 0.25) is 5.02 Å². The predicted octanol–water partition coefficient (Wildman–Crippen LogP) is 4.21. The van der Waals surface area contributed by atoms with Crippen LogP contribution < -0.4 is 15.1 Å². The molecule has 0 atom stereocenters. The van der Waals surface area contributed by atoms with Gasteiger partial charge in [0, 0.05) is 21.7 Å². The highest BCUT2D eigenvalue weighted by Crippen LogP contribution is 2.32. The molecule has 1 aromatic heterocycles. The van der Waals surface area contributed by atoms with Crippen molar-refractivity contribution in [2.45, 2.75) is 13.2 Å². The molecule has 3 aromatic carbocycles. The van der Waals surface area contributed by atoms with E-state index in [1.165, 1.54) is 4.73 Å². The molecule has 6 nitrogen and oxygen atoms in total. The third-order valence-electron chi connectivity index (χ3n) is 4.87. The molecule has 4 aromatic rings. The van der Waals surface area contributed by atoms with Gasteiger partial charge in [-0.1, -0.05) is 54.1 Å². The molecule has 0 bridgehead atoms. The molecular weight excluding hydrogens is 404 g/mol. The molecule has 0 fully saturated rings. The molecule has 1 aliphatic heterocycles. The van der Waals surface area contributed by atoms with Crippen molar-refractivity contribution in [1.82, 2.24) is 9.71 Å². The number of aromatic nitrogens is 2. The number of hydrogen-bond donors (Lipinski definition) is 0. The largest absolute Gasteiger partial charge is 0.467 e. The van der Waals surface area contributed by atoms with Crippen LogP contribution in [0.4, 0.5) is 0 Å². The summed E-state index contributed by atoms with van der Waals surface area (Å²) in [7, 11) is 0. The third-order valence-corrected chi connectivity index (χ3v) is 5.09. The molecule has 0 saturated heterocycles. The second-order valence-corrected chi connectivity index (χ2v) is 7.29. The predicted molar refractivity (Wildman–Crippen MR) is 113 cm³/mol. The minimum absolute atomic E-state index is 0.0860. The highest BCUT2D eigenvalue weighted by Gasteiger charge is 2.19. The van der Waals surface area contributed by atoms with Crippen LogP contribution in [0.25, 0.3) is 22.3 Å². The van der Waals surface area contributed by atoms with Crippen molar-refractivity contribution in [3.63, 3.8) is 0 Å². The lowest BCUT2D eigenvalue weighted by Crippen LogP contribution is -2.29. The molecule has 0 radical (unpaired) electrons. The van der Waals surface area contributed by atoms with Gasteiger partial charge in [-0.25, -0.2) is 4.98 Å². The fraction of sp³-hybridized carbons (Fsp3) is 0.130. The second kappa shape index (κ2) is 7.82. The lowest BCUT2D eigenvalue weighted by atomic mass is 10.1. The average Bonchev–Trinajstić information content (AvgIpc) is 2.78. The Hall–Kier alpha value is -3.35. The van der Waals surface area contributed by atoms with Crippen LogP contribution >= 0.6 is 11.6 Å². The zero-order valence-corrected chi connectivity index (χ0v) is 16.6. The summed E-state index contributed by atoms with van der Waals surface area (Å²) in [5.41, 5.74) is 2.69. The summed E-state index contributed by atoms with van der Waals surface area (Å²) in [6, 6.07) is 20.2. The van der Waals surface area contributed by atoms with Gasteiger partial charge in [-0.3, -0.25) is 4.79 Å². The summed E-state index contributed by atoms with van der Waals surface area (Å²) in [6.45, 7) is 0.659. The minimum atomic E-state index is -0.278. The number of nitrogens with zero attached hydrogens (tertiary/aromatic N) is 2. The minimum Gasteiger partial charge on any atom is -0.467 e. The summed E-state index contributed by atoms with van der Waals surface area (Å²) >= 11 is 6.25. The Morgan fingerprint density at radius 2 is 1.87 bits per heavy atom. The Morgan fingerprint density at radius 1 is 1.07 bits per heavy atom. The normalized spacial score (nSPS) is 13.0. The van der Waals surface area contributed by atoms with E-state index >= 15 is 0 Å². The Bertz CT molecular complexity index is 1290. The molecule has 7 heteroatoms. The van der Waals surface area contributed by atoms with Gasteiger partial charge >= 0.3 is 0 Å². The zero-order chi connectivity index (χ0) is 20.5. The molecule has 2 heterocycles. The van der Waals surface area contributed by atoms with Gasteiger partial charge in [0.05, 0.1) is 17.5 Å².